The molecule has 0 aliphatic heterocycles. The van der Waals surface area contributed by atoms with Crippen molar-refractivity contribution >= 4 is 11.9 Å². The highest BCUT2D eigenvalue weighted by molar-refractivity contribution is 5.94. The molecule has 1 atom stereocenters. The topological polar surface area (TPSA) is 115 Å². The van der Waals surface area contributed by atoms with Gasteiger partial charge in [-0.05, 0) is 12.1 Å². The number of nitrogens with zero attached hydrogens (tertiary/aromatic N) is 2. The maximum Gasteiger partial charge on any atom is 0.336 e. The first-order valence-corrected chi connectivity index (χ1v) is 6.68. The van der Waals surface area contributed by atoms with Crippen molar-refractivity contribution in [2.45, 2.75) is 12.5 Å². The molecule has 1 aromatic heterocycles. The van der Waals surface area contributed by atoms with Gasteiger partial charge in [0.25, 0.3) is 11.8 Å². The lowest BCUT2D eigenvalue weighted by atomic mass is 10.1. The van der Waals surface area contributed by atoms with Crippen LogP contribution in [-0.2, 0) is 9.53 Å². The lowest BCUT2D eigenvalue weighted by molar-refractivity contribution is -0.149. The zero-order valence-electron chi connectivity index (χ0n) is 12.4. The number of amides is 1. The zero-order chi connectivity index (χ0) is 17.7. The molecule has 1 aromatic carbocycles. The SMILES string of the molecule is COC(=O)[C@@H](O)CNC(=O)c1ccc(-c2noc(C(F)F)n2)cc1. The fourth-order valence-electron chi connectivity index (χ4n) is 1.72. The lowest BCUT2D eigenvalue weighted by Gasteiger charge is -2.09. The molecule has 0 unspecified atom stereocenters. The van der Waals surface area contributed by atoms with Crippen molar-refractivity contribution in [3.05, 3.63) is 35.7 Å². The number of esters is 1. The van der Waals surface area contributed by atoms with Crippen molar-refractivity contribution in [1.29, 1.82) is 0 Å². The average Bonchev–Trinajstić information content (AvgIpc) is 3.09. The van der Waals surface area contributed by atoms with Crippen molar-refractivity contribution in [2.75, 3.05) is 13.7 Å². The third-order valence-electron chi connectivity index (χ3n) is 2.96. The van der Waals surface area contributed by atoms with Crippen LogP contribution in [0, 0.1) is 0 Å². The van der Waals surface area contributed by atoms with Crippen LogP contribution in [0.25, 0.3) is 11.4 Å². The number of benzene rings is 1. The summed E-state index contributed by atoms with van der Waals surface area (Å²) in [7, 11) is 1.11. The van der Waals surface area contributed by atoms with E-state index in [1.807, 2.05) is 0 Å². The number of aliphatic hydroxyl groups is 1. The number of methoxy groups -OCH3 is 1. The minimum Gasteiger partial charge on any atom is -0.467 e. The van der Waals surface area contributed by atoms with Gasteiger partial charge >= 0.3 is 12.4 Å². The molecule has 0 spiro atoms. The minimum atomic E-state index is -2.86. The number of halogens is 2. The van der Waals surface area contributed by atoms with Crippen LogP contribution < -0.4 is 5.32 Å². The minimum absolute atomic E-state index is 0.0293. The second-order valence-corrected chi connectivity index (χ2v) is 4.58. The van der Waals surface area contributed by atoms with E-state index in [0.29, 0.717) is 5.56 Å². The predicted octanol–water partition coefficient (Wildman–Crippen LogP) is 0.938. The first kappa shape index (κ1) is 17.5. The summed E-state index contributed by atoms with van der Waals surface area (Å²) in [6, 6.07) is 5.72. The normalized spacial score (nSPS) is 12.0. The van der Waals surface area contributed by atoms with Gasteiger partial charge in [-0.3, -0.25) is 4.79 Å². The molecule has 10 heteroatoms. The molecule has 0 fully saturated rings. The Hall–Kier alpha value is -2.88. The molecule has 1 heterocycles. The third-order valence-corrected chi connectivity index (χ3v) is 2.96. The van der Waals surface area contributed by atoms with Crippen LogP contribution >= 0.6 is 0 Å². The maximum absolute atomic E-state index is 12.4. The van der Waals surface area contributed by atoms with Gasteiger partial charge < -0.3 is 19.7 Å². The van der Waals surface area contributed by atoms with Crippen LogP contribution in [0.3, 0.4) is 0 Å². The zero-order valence-corrected chi connectivity index (χ0v) is 12.4. The van der Waals surface area contributed by atoms with Gasteiger partial charge in [-0.2, -0.15) is 13.8 Å². The van der Waals surface area contributed by atoms with E-state index in [9.17, 15) is 23.5 Å². The van der Waals surface area contributed by atoms with Gasteiger partial charge in [0, 0.05) is 11.1 Å². The Morgan fingerprint density at radius 2 is 2.00 bits per heavy atom. The molecule has 0 aliphatic carbocycles. The molecule has 24 heavy (non-hydrogen) atoms. The maximum atomic E-state index is 12.4. The number of carbonyl (C=O) groups excluding carboxylic acids is 2. The fourth-order valence-corrected chi connectivity index (χ4v) is 1.72. The summed E-state index contributed by atoms with van der Waals surface area (Å²) in [4.78, 5) is 26.4. The van der Waals surface area contributed by atoms with E-state index in [4.69, 9.17) is 0 Å². The number of aromatic nitrogens is 2. The summed E-state index contributed by atoms with van der Waals surface area (Å²) in [5.74, 6) is -2.22. The van der Waals surface area contributed by atoms with Gasteiger partial charge in [-0.1, -0.05) is 17.3 Å². The highest BCUT2D eigenvalue weighted by atomic mass is 19.3. The molecule has 1 amide bonds. The summed E-state index contributed by atoms with van der Waals surface area (Å²) in [5.41, 5.74) is 0.616. The molecule has 2 N–H and O–H groups in total. The smallest absolute Gasteiger partial charge is 0.336 e. The predicted molar refractivity (Wildman–Crippen MR) is 75.0 cm³/mol. The van der Waals surface area contributed by atoms with Crippen molar-refractivity contribution in [2.24, 2.45) is 0 Å². The molecule has 0 saturated heterocycles. The third kappa shape index (κ3) is 4.10. The molecule has 128 valence electrons. The number of alkyl halides is 2. The molecule has 0 radical (unpaired) electrons. The number of aliphatic hydroxyl groups excluding tert-OH is 1. The fraction of sp³-hybridized carbons (Fsp3) is 0.286. The second-order valence-electron chi connectivity index (χ2n) is 4.58. The van der Waals surface area contributed by atoms with E-state index < -0.39 is 30.3 Å². The standard InChI is InChI=1S/C14H13F2N3O5/c1-23-14(22)9(20)6-17-12(21)8-4-2-7(3-5-8)11-18-13(10(15)16)24-19-11/h2-5,9-10,20H,6H2,1H3,(H,17,21)/t9-/m0/s1. The number of nitrogens with one attached hydrogen (secondary N) is 1. The highest BCUT2D eigenvalue weighted by Gasteiger charge is 2.18. The molecule has 0 bridgehead atoms. The van der Waals surface area contributed by atoms with Gasteiger partial charge in [-0.25, -0.2) is 4.79 Å². The second kappa shape index (κ2) is 7.59. The van der Waals surface area contributed by atoms with Crippen LogP contribution in [0.2, 0.25) is 0 Å². The van der Waals surface area contributed by atoms with Gasteiger partial charge in [0.15, 0.2) is 6.10 Å². The average molecular weight is 341 g/mol. The number of hydrogen-bond donors (Lipinski definition) is 2. The van der Waals surface area contributed by atoms with Crippen LogP contribution in [0.15, 0.2) is 28.8 Å². The van der Waals surface area contributed by atoms with E-state index in [1.54, 1.807) is 0 Å². The first-order valence-electron chi connectivity index (χ1n) is 6.68. The number of ether oxygens (including phenoxy) is 1. The summed E-state index contributed by atoms with van der Waals surface area (Å²) in [6.45, 7) is -0.310. The van der Waals surface area contributed by atoms with Gasteiger partial charge in [-0.15, -0.1) is 0 Å². The van der Waals surface area contributed by atoms with Gasteiger partial charge in [0.2, 0.25) is 5.82 Å². The molecule has 2 aromatic rings. The van der Waals surface area contributed by atoms with Crippen LogP contribution in [-0.4, -0.2) is 46.9 Å². The largest absolute Gasteiger partial charge is 0.467 e. The van der Waals surface area contributed by atoms with E-state index >= 15 is 0 Å². The summed E-state index contributed by atoms with van der Waals surface area (Å²) < 4.78 is 33.5. The number of rotatable bonds is 6. The van der Waals surface area contributed by atoms with Crippen LogP contribution in [0.4, 0.5) is 8.78 Å². The van der Waals surface area contributed by atoms with Crippen molar-refractivity contribution in [3.63, 3.8) is 0 Å². The molecule has 0 saturated carbocycles. The Bertz CT molecular complexity index is 717. The van der Waals surface area contributed by atoms with Gasteiger partial charge in [0.1, 0.15) is 0 Å². The van der Waals surface area contributed by atoms with Crippen LogP contribution in [0.5, 0.6) is 0 Å². The lowest BCUT2D eigenvalue weighted by Crippen LogP contribution is -2.37. The number of hydrogen-bond acceptors (Lipinski definition) is 7. The molecule has 8 nitrogen and oxygen atoms in total. The number of carbonyl (C=O) groups is 2. The quantitative estimate of drug-likeness (QED) is 0.751. The Morgan fingerprint density at radius 1 is 1.33 bits per heavy atom. The first-order chi connectivity index (χ1) is 11.4. The highest BCUT2D eigenvalue weighted by Crippen LogP contribution is 2.21. The summed E-state index contributed by atoms with van der Waals surface area (Å²) in [6.07, 6.45) is -4.33. The monoisotopic (exact) mass is 341 g/mol. The van der Waals surface area contributed by atoms with Crippen molar-refractivity contribution in [3.8, 4) is 11.4 Å². The van der Waals surface area contributed by atoms with E-state index in [0.717, 1.165) is 7.11 Å². The Labute approximate surface area is 134 Å². The van der Waals surface area contributed by atoms with Gasteiger partial charge in [0.05, 0.1) is 13.7 Å². The van der Waals surface area contributed by atoms with E-state index in [2.05, 4.69) is 24.7 Å². The molecule has 2 rings (SSSR count). The molecular formula is C14H13F2N3O5. The summed E-state index contributed by atoms with van der Waals surface area (Å²) >= 11 is 0. The van der Waals surface area contributed by atoms with Crippen molar-refractivity contribution in [1.82, 2.24) is 15.5 Å². The molecule has 0 aliphatic rings. The van der Waals surface area contributed by atoms with Crippen LogP contribution in [0.1, 0.15) is 22.7 Å². The Morgan fingerprint density at radius 3 is 2.54 bits per heavy atom. The van der Waals surface area contributed by atoms with E-state index in [1.165, 1.54) is 24.3 Å². The Kier molecular flexibility index (Phi) is 5.53. The Balaban J connectivity index is 2.00. The molecular weight excluding hydrogens is 328 g/mol. The summed E-state index contributed by atoms with van der Waals surface area (Å²) in [5, 5.41) is 15.1. The van der Waals surface area contributed by atoms with E-state index in [-0.39, 0.29) is 17.9 Å². The van der Waals surface area contributed by atoms with Crippen molar-refractivity contribution < 1.29 is 32.7 Å².